The van der Waals surface area contributed by atoms with Crippen molar-refractivity contribution in [3.05, 3.63) is 35.4 Å². The zero-order chi connectivity index (χ0) is 18.3. The van der Waals surface area contributed by atoms with Crippen molar-refractivity contribution in [2.45, 2.75) is 66.2 Å². The van der Waals surface area contributed by atoms with Crippen LogP contribution in [0.2, 0.25) is 0 Å². The van der Waals surface area contributed by atoms with Crippen LogP contribution in [0.15, 0.2) is 24.3 Å². The molecule has 0 heterocycles. The standard InChI is InChI=1S/C20H34N2O2/c1-14(2)11-18-7-9-19(10-8-18)17(6)21-20(24)13-22(15(3)4)12-16(5)23/h7-10,14-17,23H,11-13H2,1-6H3,(H,21,24). The first-order chi connectivity index (χ1) is 11.2. The summed E-state index contributed by atoms with van der Waals surface area (Å²) in [6.07, 6.45) is 0.634. The molecule has 0 aliphatic carbocycles. The van der Waals surface area contributed by atoms with Crippen LogP contribution in [0.3, 0.4) is 0 Å². The molecular weight excluding hydrogens is 300 g/mol. The highest BCUT2D eigenvalue weighted by atomic mass is 16.3. The number of amides is 1. The normalized spacial score (nSPS) is 14.2. The van der Waals surface area contributed by atoms with E-state index >= 15 is 0 Å². The number of aliphatic hydroxyl groups is 1. The molecule has 136 valence electrons. The largest absolute Gasteiger partial charge is 0.392 e. The van der Waals surface area contributed by atoms with Gasteiger partial charge in [0.05, 0.1) is 18.7 Å². The van der Waals surface area contributed by atoms with Gasteiger partial charge in [-0.05, 0) is 51.2 Å². The van der Waals surface area contributed by atoms with Gasteiger partial charge in [-0.1, -0.05) is 38.1 Å². The van der Waals surface area contributed by atoms with Gasteiger partial charge in [-0.3, -0.25) is 9.69 Å². The average Bonchev–Trinajstić information content (AvgIpc) is 2.45. The Morgan fingerprint density at radius 1 is 1.08 bits per heavy atom. The molecule has 0 aliphatic rings. The predicted octanol–water partition coefficient (Wildman–Crippen LogP) is 3.15. The van der Waals surface area contributed by atoms with Crippen LogP contribution in [0.4, 0.5) is 0 Å². The molecule has 1 rings (SSSR count). The van der Waals surface area contributed by atoms with Gasteiger partial charge in [-0.25, -0.2) is 0 Å². The second-order valence-electron chi connectivity index (χ2n) is 7.50. The zero-order valence-electron chi connectivity index (χ0n) is 16.0. The summed E-state index contributed by atoms with van der Waals surface area (Å²) in [6.45, 7) is 13.0. The minimum absolute atomic E-state index is 0.0110. The minimum atomic E-state index is -0.439. The maximum absolute atomic E-state index is 12.3. The molecule has 0 fully saturated rings. The Morgan fingerprint density at radius 2 is 1.67 bits per heavy atom. The van der Waals surface area contributed by atoms with Crippen molar-refractivity contribution in [3.63, 3.8) is 0 Å². The van der Waals surface area contributed by atoms with Gasteiger partial charge in [0.15, 0.2) is 0 Å². The fourth-order valence-corrected chi connectivity index (χ4v) is 2.77. The first kappa shape index (κ1) is 20.7. The number of carbonyl (C=O) groups is 1. The first-order valence-electron chi connectivity index (χ1n) is 8.99. The Balaban J connectivity index is 2.59. The molecule has 2 unspecified atom stereocenters. The van der Waals surface area contributed by atoms with E-state index < -0.39 is 6.10 Å². The molecule has 0 bridgehead atoms. The Hall–Kier alpha value is -1.39. The van der Waals surface area contributed by atoms with E-state index in [-0.39, 0.29) is 18.0 Å². The molecule has 0 spiro atoms. The van der Waals surface area contributed by atoms with E-state index in [9.17, 15) is 9.90 Å². The number of carbonyl (C=O) groups excluding carboxylic acids is 1. The van der Waals surface area contributed by atoms with Gasteiger partial charge in [0.2, 0.25) is 5.91 Å². The lowest BCUT2D eigenvalue weighted by Gasteiger charge is -2.27. The number of rotatable bonds is 9. The highest BCUT2D eigenvalue weighted by Gasteiger charge is 2.17. The molecule has 2 atom stereocenters. The number of nitrogens with zero attached hydrogens (tertiary/aromatic N) is 1. The fraction of sp³-hybridized carbons (Fsp3) is 0.650. The Morgan fingerprint density at radius 3 is 2.12 bits per heavy atom. The van der Waals surface area contributed by atoms with Crippen LogP contribution in [-0.4, -0.2) is 41.1 Å². The summed E-state index contributed by atoms with van der Waals surface area (Å²) >= 11 is 0. The Labute approximate surface area is 147 Å². The topological polar surface area (TPSA) is 52.6 Å². The molecule has 0 aliphatic heterocycles. The van der Waals surface area contributed by atoms with Crippen molar-refractivity contribution < 1.29 is 9.90 Å². The lowest BCUT2D eigenvalue weighted by molar-refractivity contribution is -0.123. The fourth-order valence-electron chi connectivity index (χ4n) is 2.77. The molecule has 4 nitrogen and oxygen atoms in total. The van der Waals surface area contributed by atoms with Crippen LogP contribution in [-0.2, 0) is 11.2 Å². The van der Waals surface area contributed by atoms with Gasteiger partial charge >= 0.3 is 0 Å². The summed E-state index contributed by atoms with van der Waals surface area (Å²) < 4.78 is 0. The quantitative estimate of drug-likeness (QED) is 0.729. The summed E-state index contributed by atoms with van der Waals surface area (Å²) in [5.41, 5.74) is 2.44. The third-order valence-corrected chi connectivity index (χ3v) is 4.08. The van der Waals surface area contributed by atoms with Gasteiger partial charge in [0.1, 0.15) is 0 Å². The van der Waals surface area contributed by atoms with Gasteiger partial charge in [-0.15, -0.1) is 0 Å². The van der Waals surface area contributed by atoms with Crippen molar-refractivity contribution in [1.82, 2.24) is 10.2 Å². The monoisotopic (exact) mass is 334 g/mol. The zero-order valence-corrected chi connectivity index (χ0v) is 16.0. The molecule has 0 radical (unpaired) electrons. The average molecular weight is 335 g/mol. The second-order valence-corrected chi connectivity index (χ2v) is 7.50. The summed E-state index contributed by atoms with van der Waals surface area (Å²) in [5.74, 6) is 0.631. The SMILES string of the molecule is CC(C)Cc1ccc(C(C)NC(=O)CN(CC(C)O)C(C)C)cc1. The van der Waals surface area contributed by atoms with Crippen LogP contribution in [0.5, 0.6) is 0 Å². The summed E-state index contributed by atoms with van der Waals surface area (Å²) in [5, 5.41) is 12.6. The third kappa shape index (κ3) is 7.45. The van der Waals surface area contributed by atoms with Gasteiger partial charge in [0, 0.05) is 12.6 Å². The molecule has 1 aromatic carbocycles. The minimum Gasteiger partial charge on any atom is -0.392 e. The number of nitrogens with one attached hydrogen (secondary N) is 1. The summed E-state index contributed by atoms with van der Waals surface area (Å²) in [6, 6.07) is 8.68. The van der Waals surface area contributed by atoms with E-state index in [4.69, 9.17) is 0 Å². The Bertz CT molecular complexity index is 495. The molecule has 0 aromatic heterocycles. The third-order valence-electron chi connectivity index (χ3n) is 4.08. The second kappa shape index (κ2) is 9.80. The Kier molecular flexibility index (Phi) is 8.43. The van der Waals surface area contributed by atoms with Crippen LogP contribution in [0, 0.1) is 5.92 Å². The molecule has 1 aromatic rings. The van der Waals surface area contributed by atoms with Gasteiger partial charge in [0.25, 0.3) is 0 Å². The predicted molar refractivity (Wildman–Crippen MR) is 99.9 cm³/mol. The summed E-state index contributed by atoms with van der Waals surface area (Å²) in [4.78, 5) is 14.3. The molecule has 0 saturated heterocycles. The number of hydrogen-bond donors (Lipinski definition) is 2. The van der Waals surface area contributed by atoms with E-state index in [0.29, 0.717) is 19.0 Å². The van der Waals surface area contributed by atoms with E-state index in [1.807, 2.05) is 25.7 Å². The number of aliphatic hydroxyl groups excluding tert-OH is 1. The smallest absolute Gasteiger partial charge is 0.234 e. The maximum Gasteiger partial charge on any atom is 0.234 e. The highest BCUT2D eigenvalue weighted by Crippen LogP contribution is 2.15. The molecular formula is C20H34N2O2. The lowest BCUT2D eigenvalue weighted by Crippen LogP contribution is -2.44. The lowest BCUT2D eigenvalue weighted by atomic mass is 10.00. The van der Waals surface area contributed by atoms with Crippen molar-refractivity contribution in [3.8, 4) is 0 Å². The van der Waals surface area contributed by atoms with Crippen LogP contribution in [0.25, 0.3) is 0 Å². The molecule has 4 heteroatoms. The first-order valence-corrected chi connectivity index (χ1v) is 8.99. The van der Waals surface area contributed by atoms with Crippen LogP contribution < -0.4 is 5.32 Å². The molecule has 0 saturated carbocycles. The van der Waals surface area contributed by atoms with E-state index in [1.54, 1.807) is 6.92 Å². The maximum atomic E-state index is 12.3. The van der Waals surface area contributed by atoms with Crippen molar-refractivity contribution in [2.75, 3.05) is 13.1 Å². The summed E-state index contributed by atoms with van der Waals surface area (Å²) in [7, 11) is 0. The van der Waals surface area contributed by atoms with Crippen LogP contribution in [0.1, 0.15) is 58.7 Å². The van der Waals surface area contributed by atoms with Crippen molar-refractivity contribution in [2.24, 2.45) is 5.92 Å². The molecule has 1 amide bonds. The van der Waals surface area contributed by atoms with Gasteiger partial charge in [-0.2, -0.15) is 0 Å². The van der Waals surface area contributed by atoms with E-state index in [1.165, 1.54) is 5.56 Å². The number of benzene rings is 1. The van der Waals surface area contributed by atoms with Crippen molar-refractivity contribution >= 4 is 5.91 Å². The van der Waals surface area contributed by atoms with Crippen LogP contribution >= 0.6 is 0 Å². The van der Waals surface area contributed by atoms with E-state index in [2.05, 4.69) is 43.4 Å². The molecule has 2 N–H and O–H groups in total. The highest BCUT2D eigenvalue weighted by molar-refractivity contribution is 5.78. The van der Waals surface area contributed by atoms with Crippen molar-refractivity contribution in [1.29, 1.82) is 0 Å². The van der Waals surface area contributed by atoms with Gasteiger partial charge < -0.3 is 10.4 Å². The molecule has 24 heavy (non-hydrogen) atoms. The number of hydrogen-bond acceptors (Lipinski definition) is 3. The van der Waals surface area contributed by atoms with E-state index in [0.717, 1.165) is 12.0 Å².